The van der Waals surface area contributed by atoms with E-state index in [0.717, 1.165) is 5.56 Å². The largest absolute Gasteiger partial charge is 0.457 e. The Morgan fingerprint density at radius 1 is 1.27 bits per heavy atom. The van der Waals surface area contributed by atoms with Crippen molar-refractivity contribution in [1.29, 1.82) is 0 Å². The smallest absolute Gasteiger partial charge is 0.306 e. The van der Waals surface area contributed by atoms with Crippen LogP contribution in [0.15, 0.2) is 18.2 Å². The minimum atomic E-state index is -0.214. The molecule has 1 saturated heterocycles. The van der Waals surface area contributed by atoms with E-state index in [1.807, 2.05) is 6.92 Å². The van der Waals surface area contributed by atoms with E-state index in [1.165, 1.54) is 0 Å². The van der Waals surface area contributed by atoms with Gasteiger partial charge in [-0.2, -0.15) is 0 Å². The third kappa shape index (κ3) is 2.27. The Kier molecular flexibility index (Phi) is 2.89. The predicted molar refractivity (Wildman–Crippen MR) is 59.1 cm³/mol. The summed E-state index contributed by atoms with van der Waals surface area (Å²) >= 11 is 11.8. The molecular weight excluding hydrogens is 235 g/mol. The molecule has 1 aliphatic heterocycles. The van der Waals surface area contributed by atoms with Gasteiger partial charge in [-0.25, -0.2) is 0 Å². The maximum absolute atomic E-state index is 11.1. The first kappa shape index (κ1) is 10.8. The maximum Gasteiger partial charge on any atom is 0.306 e. The van der Waals surface area contributed by atoms with Crippen LogP contribution in [0.25, 0.3) is 0 Å². The Morgan fingerprint density at radius 2 is 1.87 bits per heavy atom. The average molecular weight is 245 g/mol. The van der Waals surface area contributed by atoms with Crippen molar-refractivity contribution in [1.82, 2.24) is 0 Å². The summed E-state index contributed by atoms with van der Waals surface area (Å²) in [6, 6.07) is 5.23. The second kappa shape index (κ2) is 4.03. The molecular formula is C11H10Cl2O2. The SMILES string of the molecule is C[C@@H]1CC(=O)O[C@@H]1c1cc(Cl)cc(Cl)c1. The Morgan fingerprint density at radius 3 is 2.33 bits per heavy atom. The molecule has 1 fully saturated rings. The van der Waals surface area contributed by atoms with Gasteiger partial charge < -0.3 is 4.74 Å². The van der Waals surface area contributed by atoms with Crippen molar-refractivity contribution in [2.75, 3.05) is 0 Å². The van der Waals surface area contributed by atoms with E-state index in [-0.39, 0.29) is 18.0 Å². The summed E-state index contributed by atoms with van der Waals surface area (Å²) in [5.74, 6) is 0.00984. The van der Waals surface area contributed by atoms with Crippen molar-refractivity contribution in [3.63, 3.8) is 0 Å². The molecule has 0 bridgehead atoms. The second-order valence-electron chi connectivity index (χ2n) is 3.79. The Balaban J connectivity index is 2.33. The van der Waals surface area contributed by atoms with Crippen LogP contribution in [0.4, 0.5) is 0 Å². The van der Waals surface area contributed by atoms with Crippen molar-refractivity contribution in [2.45, 2.75) is 19.4 Å². The van der Waals surface area contributed by atoms with Crippen LogP contribution < -0.4 is 0 Å². The van der Waals surface area contributed by atoms with Gasteiger partial charge in [-0.15, -0.1) is 0 Å². The lowest BCUT2D eigenvalue weighted by molar-refractivity contribution is -0.141. The topological polar surface area (TPSA) is 26.3 Å². The monoisotopic (exact) mass is 244 g/mol. The molecule has 0 saturated carbocycles. The first-order valence-corrected chi connectivity index (χ1v) is 5.47. The van der Waals surface area contributed by atoms with E-state index in [0.29, 0.717) is 16.5 Å². The number of benzene rings is 1. The summed E-state index contributed by atoms with van der Waals surface area (Å²) in [6.07, 6.45) is 0.239. The highest BCUT2D eigenvalue weighted by atomic mass is 35.5. The number of ether oxygens (including phenoxy) is 1. The van der Waals surface area contributed by atoms with Crippen LogP contribution in [0.5, 0.6) is 0 Å². The molecule has 80 valence electrons. The van der Waals surface area contributed by atoms with E-state index in [4.69, 9.17) is 27.9 Å². The van der Waals surface area contributed by atoms with Crippen molar-refractivity contribution in [2.24, 2.45) is 5.92 Å². The Labute approximate surface area is 98.1 Å². The van der Waals surface area contributed by atoms with E-state index in [9.17, 15) is 4.79 Å². The number of hydrogen-bond donors (Lipinski definition) is 0. The third-order valence-corrected chi connectivity index (χ3v) is 2.91. The minimum absolute atomic E-state index is 0.163. The zero-order valence-corrected chi connectivity index (χ0v) is 9.68. The highest BCUT2D eigenvalue weighted by molar-refractivity contribution is 6.34. The van der Waals surface area contributed by atoms with Crippen LogP contribution in [-0.2, 0) is 9.53 Å². The van der Waals surface area contributed by atoms with Crippen LogP contribution >= 0.6 is 23.2 Å². The number of cyclic esters (lactones) is 1. The number of carbonyl (C=O) groups is 1. The number of rotatable bonds is 1. The van der Waals surface area contributed by atoms with Gasteiger partial charge >= 0.3 is 5.97 Å². The fraction of sp³-hybridized carbons (Fsp3) is 0.364. The predicted octanol–water partition coefficient (Wildman–Crippen LogP) is 3.62. The second-order valence-corrected chi connectivity index (χ2v) is 4.67. The Bertz CT molecular complexity index is 383. The molecule has 0 aliphatic carbocycles. The van der Waals surface area contributed by atoms with Gasteiger partial charge in [-0.05, 0) is 23.8 Å². The van der Waals surface area contributed by atoms with Crippen molar-refractivity contribution in [3.05, 3.63) is 33.8 Å². The van der Waals surface area contributed by atoms with Gasteiger partial charge in [0.25, 0.3) is 0 Å². The lowest BCUT2D eigenvalue weighted by Gasteiger charge is -2.14. The minimum Gasteiger partial charge on any atom is -0.457 e. The third-order valence-electron chi connectivity index (χ3n) is 2.48. The summed E-state index contributed by atoms with van der Waals surface area (Å²) in [4.78, 5) is 11.1. The fourth-order valence-corrected chi connectivity index (χ4v) is 2.35. The molecule has 0 radical (unpaired) electrons. The lowest BCUT2D eigenvalue weighted by Crippen LogP contribution is -2.03. The first-order valence-electron chi connectivity index (χ1n) is 4.72. The normalized spacial score (nSPS) is 25.4. The zero-order valence-electron chi connectivity index (χ0n) is 8.17. The molecule has 1 aromatic rings. The van der Waals surface area contributed by atoms with Gasteiger partial charge in [0.1, 0.15) is 6.10 Å². The van der Waals surface area contributed by atoms with Crippen molar-refractivity contribution >= 4 is 29.2 Å². The van der Waals surface area contributed by atoms with Crippen LogP contribution in [-0.4, -0.2) is 5.97 Å². The van der Waals surface area contributed by atoms with Crippen LogP contribution in [0.1, 0.15) is 25.0 Å². The molecule has 4 heteroatoms. The Hall–Kier alpha value is -0.730. The summed E-state index contributed by atoms with van der Waals surface area (Å²) in [6.45, 7) is 1.98. The van der Waals surface area contributed by atoms with E-state index >= 15 is 0 Å². The molecule has 0 unspecified atom stereocenters. The summed E-state index contributed by atoms with van der Waals surface area (Å²) < 4.78 is 5.21. The molecule has 0 amide bonds. The molecule has 2 rings (SSSR count). The summed E-state index contributed by atoms with van der Waals surface area (Å²) in [5, 5.41) is 1.13. The summed E-state index contributed by atoms with van der Waals surface area (Å²) in [7, 11) is 0. The van der Waals surface area contributed by atoms with Gasteiger partial charge in [0.2, 0.25) is 0 Å². The molecule has 2 atom stereocenters. The molecule has 1 aromatic carbocycles. The van der Waals surface area contributed by atoms with Crippen LogP contribution in [0.3, 0.4) is 0 Å². The lowest BCUT2D eigenvalue weighted by atomic mass is 9.97. The molecule has 0 aromatic heterocycles. The van der Waals surface area contributed by atoms with E-state index in [1.54, 1.807) is 18.2 Å². The van der Waals surface area contributed by atoms with Gasteiger partial charge in [0, 0.05) is 16.0 Å². The number of esters is 1. The first-order chi connectivity index (χ1) is 7.06. The fourth-order valence-electron chi connectivity index (χ4n) is 1.81. The van der Waals surface area contributed by atoms with Gasteiger partial charge in [0.15, 0.2) is 0 Å². The summed E-state index contributed by atoms with van der Waals surface area (Å²) in [5.41, 5.74) is 0.867. The zero-order chi connectivity index (χ0) is 11.0. The molecule has 1 aliphatic rings. The average Bonchev–Trinajstić information content (AvgIpc) is 2.43. The van der Waals surface area contributed by atoms with Gasteiger partial charge in [-0.3, -0.25) is 4.79 Å². The van der Waals surface area contributed by atoms with Gasteiger partial charge in [0.05, 0.1) is 6.42 Å². The molecule has 0 spiro atoms. The van der Waals surface area contributed by atoms with Crippen LogP contribution in [0, 0.1) is 5.92 Å². The van der Waals surface area contributed by atoms with E-state index in [2.05, 4.69) is 0 Å². The van der Waals surface area contributed by atoms with Crippen molar-refractivity contribution < 1.29 is 9.53 Å². The van der Waals surface area contributed by atoms with E-state index < -0.39 is 0 Å². The number of hydrogen-bond acceptors (Lipinski definition) is 2. The highest BCUT2D eigenvalue weighted by Gasteiger charge is 2.32. The molecule has 2 nitrogen and oxygen atoms in total. The standard InChI is InChI=1S/C11H10Cl2O2/c1-6-2-10(14)15-11(6)7-3-8(12)5-9(13)4-7/h3-6,11H,2H2,1H3/t6-,11+/m1/s1. The maximum atomic E-state index is 11.1. The molecule has 1 heterocycles. The van der Waals surface area contributed by atoms with Gasteiger partial charge in [-0.1, -0.05) is 30.1 Å². The number of carbonyl (C=O) groups excluding carboxylic acids is 1. The molecule has 0 N–H and O–H groups in total. The van der Waals surface area contributed by atoms with Crippen LogP contribution in [0.2, 0.25) is 10.0 Å². The highest BCUT2D eigenvalue weighted by Crippen LogP contribution is 2.36. The quantitative estimate of drug-likeness (QED) is 0.706. The number of halogens is 2. The van der Waals surface area contributed by atoms with Crippen molar-refractivity contribution in [3.8, 4) is 0 Å². The molecule has 15 heavy (non-hydrogen) atoms.